The number of benzene rings is 1. The van der Waals surface area contributed by atoms with Crippen molar-refractivity contribution in [3.05, 3.63) is 59.9 Å². The highest BCUT2D eigenvalue weighted by Crippen LogP contribution is 2.30. The number of nitrogens with zero attached hydrogens (tertiary/aromatic N) is 3. The molecule has 126 valence electrons. The number of carbonyl (C=O) groups excluding carboxylic acids is 1. The second-order valence-electron chi connectivity index (χ2n) is 7.24. The van der Waals surface area contributed by atoms with Crippen LogP contribution in [0.4, 0.5) is 0 Å². The average Bonchev–Trinajstić information content (AvgIpc) is 2.83. The summed E-state index contributed by atoms with van der Waals surface area (Å²) in [5, 5.41) is 0. The fourth-order valence-corrected chi connectivity index (χ4v) is 4.23. The van der Waals surface area contributed by atoms with Gasteiger partial charge in [-0.3, -0.25) is 9.69 Å². The Labute approximate surface area is 143 Å². The lowest BCUT2D eigenvalue weighted by Gasteiger charge is -2.36. The van der Waals surface area contributed by atoms with E-state index in [0.29, 0.717) is 12.0 Å². The third kappa shape index (κ3) is 2.98. The van der Waals surface area contributed by atoms with Crippen LogP contribution in [0, 0.1) is 5.92 Å². The first kappa shape index (κ1) is 15.5. The van der Waals surface area contributed by atoms with Gasteiger partial charge in [-0.1, -0.05) is 30.3 Å². The number of piperidine rings is 1. The molecule has 24 heavy (non-hydrogen) atoms. The number of carbonyl (C=O) groups is 1. The van der Waals surface area contributed by atoms with Crippen LogP contribution in [-0.4, -0.2) is 46.0 Å². The monoisotopic (exact) mass is 323 g/mol. The molecule has 2 atom stereocenters. The van der Waals surface area contributed by atoms with Crippen LogP contribution in [-0.2, 0) is 13.6 Å². The van der Waals surface area contributed by atoms with Gasteiger partial charge in [-0.25, -0.2) is 0 Å². The van der Waals surface area contributed by atoms with E-state index in [-0.39, 0.29) is 5.91 Å². The molecule has 4 heteroatoms. The average molecular weight is 323 g/mol. The minimum Gasteiger partial charge on any atom is -0.347 e. The molecule has 4 nitrogen and oxygen atoms in total. The van der Waals surface area contributed by atoms with E-state index in [2.05, 4.69) is 40.1 Å². The summed E-state index contributed by atoms with van der Waals surface area (Å²) in [6.07, 6.45) is 4.32. The lowest BCUT2D eigenvalue weighted by atomic mass is 9.94. The Hall–Kier alpha value is -2.07. The van der Waals surface area contributed by atoms with Gasteiger partial charge in [0.2, 0.25) is 0 Å². The van der Waals surface area contributed by atoms with Gasteiger partial charge in [0.15, 0.2) is 0 Å². The third-order valence-electron chi connectivity index (χ3n) is 5.46. The molecule has 3 fully saturated rings. The van der Waals surface area contributed by atoms with Crippen molar-refractivity contribution < 1.29 is 4.79 Å². The van der Waals surface area contributed by atoms with E-state index in [4.69, 9.17) is 0 Å². The van der Waals surface area contributed by atoms with Crippen LogP contribution >= 0.6 is 0 Å². The topological polar surface area (TPSA) is 28.5 Å². The van der Waals surface area contributed by atoms with E-state index < -0.39 is 0 Å². The van der Waals surface area contributed by atoms with Crippen molar-refractivity contribution in [1.29, 1.82) is 0 Å². The molecule has 1 amide bonds. The maximum atomic E-state index is 13.0. The van der Waals surface area contributed by atoms with Crippen LogP contribution in [0.15, 0.2) is 48.7 Å². The summed E-state index contributed by atoms with van der Waals surface area (Å²) in [5.74, 6) is 0.787. The third-order valence-corrected chi connectivity index (χ3v) is 5.46. The standard InChI is InChI=1S/C20H25N3O/c1-21-11-5-8-19(21)20(24)23-14-17-9-10-18(23)15-22(13-17)12-16-6-3-2-4-7-16/h2-8,11,17-18H,9-10,12-15H2,1H3/t17-,18+/m0/s1. The minimum atomic E-state index is 0.193. The lowest BCUT2D eigenvalue weighted by molar-refractivity contribution is 0.0575. The highest BCUT2D eigenvalue weighted by atomic mass is 16.2. The summed E-state index contributed by atoms with van der Waals surface area (Å²) >= 11 is 0. The van der Waals surface area contributed by atoms with E-state index in [9.17, 15) is 4.79 Å². The smallest absolute Gasteiger partial charge is 0.270 e. The predicted octanol–water partition coefficient (Wildman–Crippen LogP) is 2.76. The van der Waals surface area contributed by atoms with Crippen LogP contribution in [0.25, 0.3) is 0 Å². The van der Waals surface area contributed by atoms with Gasteiger partial charge >= 0.3 is 0 Å². The van der Waals surface area contributed by atoms with Crippen molar-refractivity contribution in [3.8, 4) is 0 Å². The number of amides is 1. The Balaban J connectivity index is 1.51. The SMILES string of the molecule is Cn1cccc1C(=O)N1C[C@H]2CC[C@@H]1CN(Cc1ccccc1)C2. The molecular weight excluding hydrogens is 298 g/mol. The number of aromatic nitrogens is 1. The second-order valence-corrected chi connectivity index (χ2v) is 7.24. The first-order valence-electron chi connectivity index (χ1n) is 8.89. The highest BCUT2D eigenvalue weighted by molar-refractivity contribution is 5.93. The molecule has 4 heterocycles. The first-order valence-corrected chi connectivity index (χ1v) is 8.89. The number of hydrogen-bond donors (Lipinski definition) is 0. The highest BCUT2D eigenvalue weighted by Gasteiger charge is 2.37. The van der Waals surface area contributed by atoms with Crippen LogP contribution in [0.1, 0.15) is 28.9 Å². The molecule has 0 radical (unpaired) electrons. The van der Waals surface area contributed by atoms with Gasteiger partial charge in [-0.05, 0) is 36.5 Å². The maximum Gasteiger partial charge on any atom is 0.270 e. The molecule has 0 saturated carbocycles. The van der Waals surface area contributed by atoms with Gasteiger partial charge in [-0.15, -0.1) is 0 Å². The summed E-state index contributed by atoms with van der Waals surface area (Å²) in [6.45, 7) is 3.98. The number of fused-ring (bicyclic) bond motifs is 4. The molecule has 3 saturated heterocycles. The molecule has 2 aromatic rings. The van der Waals surface area contributed by atoms with E-state index in [1.165, 1.54) is 12.0 Å². The first-order chi connectivity index (χ1) is 11.7. The zero-order valence-corrected chi connectivity index (χ0v) is 14.3. The Bertz CT molecular complexity index is 709. The minimum absolute atomic E-state index is 0.193. The molecule has 0 unspecified atom stereocenters. The van der Waals surface area contributed by atoms with Gasteiger partial charge in [0.1, 0.15) is 5.69 Å². The van der Waals surface area contributed by atoms with Crippen molar-refractivity contribution in [2.24, 2.45) is 13.0 Å². The molecule has 1 aromatic carbocycles. The molecule has 0 aliphatic carbocycles. The number of aryl methyl sites for hydroxylation is 1. The Morgan fingerprint density at radius 3 is 2.62 bits per heavy atom. The van der Waals surface area contributed by atoms with Crippen LogP contribution < -0.4 is 0 Å². The summed E-state index contributed by atoms with van der Waals surface area (Å²) in [4.78, 5) is 17.6. The number of hydrogen-bond acceptors (Lipinski definition) is 2. The van der Waals surface area contributed by atoms with Gasteiger partial charge in [0, 0.05) is 45.5 Å². The molecule has 1 aromatic heterocycles. The van der Waals surface area contributed by atoms with Crippen molar-refractivity contribution in [2.45, 2.75) is 25.4 Å². The van der Waals surface area contributed by atoms with E-state index in [1.54, 1.807) is 0 Å². The molecular formula is C20H25N3O. The van der Waals surface area contributed by atoms with E-state index in [0.717, 1.165) is 38.3 Å². The van der Waals surface area contributed by atoms with Gasteiger partial charge in [0.05, 0.1) is 0 Å². The summed E-state index contributed by atoms with van der Waals surface area (Å²) in [6, 6.07) is 14.9. The summed E-state index contributed by atoms with van der Waals surface area (Å²) in [5.41, 5.74) is 2.16. The predicted molar refractivity (Wildman–Crippen MR) is 94.7 cm³/mol. The van der Waals surface area contributed by atoms with Crippen molar-refractivity contribution in [1.82, 2.24) is 14.4 Å². The fraction of sp³-hybridized carbons (Fsp3) is 0.450. The van der Waals surface area contributed by atoms with Crippen molar-refractivity contribution >= 4 is 5.91 Å². The molecule has 0 N–H and O–H groups in total. The van der Waals surface area contributed by atoms with E-state index in [1.807, 2.05) is 29.9 Å². The van der Waals surface area contributed by atoms with Crippen LogP contribution in [0.5, 0.6) is 0 Å². The number of rotatable bonds is 3. The molecule has 2 bridgehead atoms. The largest absolute Gasteiger partial charge is 0.347 e. The molecule has 5 rings (SSSR count). The van der Waals surface area contributed by atoms with Gasteiger partial charge in [0.25, 0.3) is 5.91 Å². The Morgan fingerprint density at radius 1 is 1.04 bits per heavy atom. The second kappa shape index (κ2) is 6.44. The zero-order chi connectivity index (χ0) is 16.5. The molecule has 0 spiro atoms. The maximum absolute atomic E-state index is 13.0. The van der Waals surface area contributed by atoms with E-state index >= 15 is 0 Å². The van der Waals surface area contributed by atoms with Crippen LogP contribution in [0.2, 0.25) is 0 Å². The molecule has 3 aliphatic heterocycles. The normalized spacial score (nSPS) is 24.1. The van der Waals surface area contributed by atoms with Crippen molar-refractivity contribution in [3.63, 3.8) is 0 Å². The zero-order valence-electron chi connectivity index (χ0n) is 14.3. The fourth-order valence-electron chi connectivity index (χ4n) is 4.23. The summed E-state index contributed by atoms with van der Waals surface area (Å²) < 4.78 is 1.93. The van der Waals surface area contributed by atoms with Crippen molar-refractivity contribution in [2.75, 3.05) is 19.6 Å². The lowest BCUT2D eigenvalue weighted by Crippen LogP contribution is -2.47. The molecule has 3 aliphatic rings. The van der Waals surface area contributed by atoms with Gasteiger partial charge in [-0.2, -0.15) is 0 Å². The Kier molecular flexibility index (Phi) is 4.15. The quantitative estimate of drug-likeness (QED) is 0.869. The van der Waals surface area contributed by atoms with Gasteiger partial charge < -0.3 is 9.47 Å². The van der Waals surface area contributed by atoms with Crippen LogP contribution in [0.3, 0.4) is 0 Å². The Morgan fingerprint density at radius 2 is 1.88 bits per heavy atom. The summed E-state index contributed by atoms with van der Waals surface area (Å²) in [7, 11) is 1.95.